The van der Waals surface area contributed by atoms with Crippen LogP contribution >= 0.6 is 0 Å². The molecule has 7 atom stereocenters. The number of aliphatic hydroxyl groups is 4. The average Bonchev–Trinajstić information content (AvgIpc) is 2.86. The van der Waals surface area contributed by atoms with Gasteiger partial charge >= 0.3 is 11.9 Å². The van der Waals surface area contributed by atoms with Gasteiger partial charge in [-0.15, -0.1) is 0 Å². The lowest BCUT2D eigenvalue weighted by Gasteiger charge is -2.41. The molecule has 204 valence electrons. The quantitative estimate of drug-likeness (QED) is 0.120. The van der Waals surface area contributed by atoms with Crippen LogP contribution in [0.2, 0.25) is 0 Å². The van der Waals surface area contributed by atoms with Crippen molar-refractivity contribution in [2.24, 2.45) is 5.92 Å². The molecule has 0 amide bonds. The molecule has 3 rings (SSSR count). The second-order valence-corrected chi connectivity index (χ2v) is 8.52. The minimum atomic E-state index is -1.72. The molecule has 2 heterocycles. The molecule has 0 bridgehead atoms. The van der Waals surface area contributed by atoms with Crippen molar-refractivity contribution in [1.29, 1.82) is 0 Å². The van der Waals surface area contributed by atoms with Crippen molar-refractivity contribution in [3.63, 3.8) is 0 Å². The molecule has 2 aliphatic heterocycles. The van der Waals surface area contributed by atoms with Crippen molar-refractivity contribution in [1.82, 2.24) is 0 Å². The van der Waals surface area contributed by atoms with Crippen LogP contribution in [-0.4, -0.2) is 97.9 Å². The topological polar surface area (TPSA) is 213 Å². The summed E-state index contributed by atoms with van der Waals surface area (Å²) in [5.41, 5.74) is 0.557. The third kappa shape index (κ3) is 6.57. The van der Waals surface area contributed by atoms with Gasteiger partial charge in [-0.25, -0.2) is 4.79 Å². The SMILES string of the molecule is CC=C1C(OC2OC(CO)C(O)C(O)C2O)OC=C(C(=O)O)C1CC(=O)OCCc1ccc(O)c(O)c1. The molecule has 2 aliphatic rings. The summed E-state index contributed by atoms with van der Waals surface area (Å²) in [5, 5.41) is 68.1. The number of benzene rings is 1. The summed E-state index contributed by atoms with van der Waals surface area (Å²) in [4.78, 5) is 24.4. The summed E-state index contributed by atoms with van der Waals surface area (Å²) in [6.07, 6.45) is -6.90. The highest BCUT2D eigenvalue weighted by atomic mass is 16.8. The van der Waals surface area contributed by atoms with E-state index in [1.807, 2.05) is 0 Å². The zero-order chi connectivity index (χ0) is 27.3. The van der Waals surface area contributed by atoms with E-state index in [9.17, 15) is 45.3 Å². The molecule has 1 aromatic rings. The molecule has 0 aliphatic carbocycles. The summed E-state index contributed by atoms with van der Waals surface area (Å²) in [6.45, 7) is 0.811. The molecular formula is C24H30O13. The van der Waals surface area contributed by atoms with Crippen molar-refractivity contribution in [3.8, 4) is 11.5 Å². The number of allylic oxidation sites excluding steroid dienone is 1. The molecule has 1 aromatic carbocycles. The summed E-state index contributed by atoms with van der Waals surface area (Å²) in [5.74, 6) is -3.70. The van der Waals surface area contributed by atoms with Crippen molar-refractivity contribution in [3.05, 3.63) is 47.2 Å². The number of aliphatic carboxylic acids is 1. The fourth-order valence-electron chi connectivity index (χ4n) is 4.05. The third-order valence-electron chi connectivity index (χ3n) is 6.12. The lowest BCUT2D eigenvalue weighted by atomic mass is 9.86. The Hall–Kier alpha value is -3.20. The number of carboxylic acid groups (broad SMARTS) is 1. The second-order valence-electron chi connectivity index (χ2n) is 8.52. The van der Waals surface area contributed by atoms with E-state index >= 15 is 0 Å². The molecule has 0 radical (unpaired) electrons. The Bertz CT molecular complexity index is 1030. The van der Waals surface area contributed by atoms with E-state index < -0.39 is 67.9 Å². The third-order valence-corrected chi connectivity index (χ3v) is 6.12. The molecule has 13 heteroatoms. The second kappa shape index (κ2) is 12.4. The maximum absolute atomic E-state index is 12.6. The van der Waals surface area contributed by atoms with Gasteiger partial charge in [0.2, 0.25) is 6.29 Å². The summed E-state index contributed by atoms with van der Waals surface area (Å²) in [7, 11) is 0. The first-order valence-electron chi connectivity index (χ1n) is 11.4. The number of rotatable bonds is 9. The van der Waals surface area contributed by atoms with Gasteiger partial charge < -0.3 is 54.7 Å². The predicted molar refractivity (Wildman–Crippen MR) is 122 cm³/mol. The van der Waals surface area contributed by atoms with Crippen LogP contribution in [0.1, 0.15) is 18.9 Å². The fourth-order valence-corrected chi connectivity index (χ4v) is 4.05. The van der Waals surface area contributed by atoms with Crippen LogP contribution < -0.4 is 0 Å². The average molecular weight is 526 g/mol. The van der Waals surface area contributed by atoms with Gasteiger partial charge in [0.15, 0.2) is 17.8 Å². The number of carbonyl (C=O) groups is 2. The Morgan fingerprint density at radius 1 is 1.08 bits per heavy atom. The lowest BCUT2D eigenvalue weighted by molar-refractivity contribution is -0.327. The zero-order valence-electron chi connectivity index (χ0n) is 19.8. The molecular weight excluding hydrogens is 496 g/mol. The van der Waals surface area contributed by atoms with E-state index in [-0.39, 0.29) is 35.7 Å². The summed E-state index contributed by atoms with van der Waals surface area (Å²) < 4.78 is 21.6. The van der Waals surface area contributed by atoms with Gasteiger partial charge in [0.25, 0.3) is 0 Å². The Labute approximate surface area is 211 Å². The van der Waals surface area contributed by atoms with Crippen LogP contribution in [0.25, 0.3) is 0 Å². The Morgan fingerprint density at radius 2 is 1.81 bits per heavy atom. The summed E-state index contributed by atoms with van der Waals surface area (Å²) >= 11 is 0. The van der Waals surface area contributed by atoms with Crippen LogP contribution in [0, 0.1) is 5.92 Å². The fraction of sp³-hybridized carbons (Fsp3) is 0.500. The molecule has 0 aromatic heterocycles. The minimum absolute atomic E-state index is 0.0750. The highest BCUT2D eigenvalue weighted by Gasteiger charge is 2.46. The largest absolute Gasteiger partial charge is 0.504 e. The number of carboxylic acids is 1. The smallest absolute Gasteiger partial charge is 0.335 e. The van der Waals surface area contributed by atoms with Gasteiger partial charge in [0.1, 0.15) is 24.4 Å². The highest BCUT2D eigenvalue weighted by Crippen LogP contribution is 2.36. The van der Waals surface area contributed by atoms with Crippen molar-refractivity contribution in [2.45, 2.75) is 56.8 Å². The van der Waals surface area contributed by atoms with E-state index in [1.54, 1.807) is 13.0 Å². The number of aromatic hydroxyl groups is 2. The number of aliphatic hydroxyl groups excluding tert-OH is 4. The van der Waals surface area contributed by atoms with E-state index in [1.165, 1.54) is 18.2 Å². The van der Waals surface area contributed by atoms with Gasteiger partial charge in [0, 0.05) is 17.9 Å². The molecule has 7 N–H and O–H groups in total. The first-order valence-corrected chi connectivity index (χ1v) is 11.4. The Kier molecular flexibility index (Phi) is 9.48. The lowest BCUT2D eigenvalue weighted by Crippen LogP contribution is -2.60. The number of hydrogen-bond acceptors (Lipinski definition) is 12. The molecule has 13 nitrogen and oxygen atoms in total. The molecule has 37 heavy (non-hydrogen) atoms. The highest BCUT2D eigenvalue weighted by molar-refractivity contribution is 5.89. The summed E-state index contributed by atoms with van der Waals surface area (Å²) in [6, 6.07) is 4.17. The van der Waals surface area contributed by atoms with Crippen LogP contribution in [-0.2, 0) is 35.0 Å². The normalized spacial score (nSPS) is 30.9. The molecule has 0 saturated carbocycles. The van der Waals surface area contributed by atoms with Gasteiger partial charge in [-0.3, -0.25) is 4.79 Å². The number of carbonyl (C=O) groups excluding carboxylic acids is 1. The van der Waals surface area contributed by atoms with Gasteiger partial charge in [-0.2, -0.15) is 0 Å². The first kappa shape index (κ1) is 28.4. The Morgan fingerprint density at radius 3 is 2.43 bits per heavy atom. The minimum Gasteiger partial charge on any atom is -0.504 e. The molecule has 7 unspecified atom stereocenters. The first-order chi connectivity index (χ1) is 17.6. The molecule has 1 fully saturated rings. The number of ether oxygens (including phenoxy) is 4. The van der Waals surface area contributed by atoms with Gasteiger partial charge in [-0.1, -0.05) is 12.1 Å². The van der Waals surface area contributed by atoms with Gasteiger partial charge in [0.05, 0.1) is 31.5 Å². The van der Waals surface area contributed by atoms with Crippen LogP contribution in [0.4, 0.5) is 0 Å². The number of phenols is 2. The van der Waals surface area contributed by atoms with E-state index in [4.69, 9.17) is 18.9 Å². The maximum Gasteiger partial charge on any atom is 0.335 e. The zero-order valence-corrected chi connectivity index (χ0v) is 19.8. The number of hydrogen-bond donors (Lipinski definition) is 7. The van der Waals surface area contributed by atoms with Crippen molar-refractivity contribution in [2.75, 3.05) is 13.2 Å². The molecule has 1 saturated heterocycles. The van der Waals surface area contributed by atoms with E-state index in [0.29, 0.717) is 5.56 Å². The Balaban J connectivity index is 1.68. The predicted octanol–water partition coefficient (Wildman–Crippen LogP) is -0.723. The van der Waals surface area contributed by atoms with Crippen LogP contribution in [0.5, 0.6) is 11.5 Å². The number of phenolic OH excluding ortho intramolecular Hbond substituents is 2. The monoisotopic (exact) mass is 526 g/mol. The number of esters is 1. The van der Waals surface area contributed by atoms with E-state index in [0.717, 1.165) is 6.26 Å². The molecule has 0 spiro atoms. The van der Waals surface area contributed by atoms with Crippen molar-refractivity contribution < 1.29 is 64.3 Å². The van der Waals surface area contributed by atoms with Gasteiger partial charge in [-0.05, 0) is 24.6 Å². The van der Waals surface area contributed by atoms with Crippen LogP contribution in [0.15, 0.2) is 41.7 Å². The standard InChI is InChI=1S/C24H30O13/c1-2-12-13(8-18(28)34-6-5-11-3-4-15(26)16(27)7-11)14(22(32)33)10-35-23(12)37-24-21(31)20(30)19(29)17(9-25)36-24/h2-4,7,10,13,17,19-21,23-27,29-31H,5-6,8-9H2,1H3,(H,32,33). The van der Waals surface area contributed by atoms with Crippen molar-refractivity contribution >= 4 is 11.9 Å². The maximum atomic E-state index is 12.6. The van der Waals surface area contributed by atoms with E-state index in [2.05, 4.69) is 0 Å². The van der Waals surface area contributed by atoms with Crippen LogP contribution in [0.3, 0.4) is 0 Å².